The molecule has 130 valence electrons. The van der Waals surface area contributed by atoms with Crippen molar-refractivity contribution in [3.63, 3.8) is 0 Å². The summed E-state index contributed by atoms with van der Waals surface area (Å²) in [6.45, 7) is 4.11. The first-order chi connectivity index (χ1) is 11.9. The highest BCUT2D eigenvalue weighted by atomic mass is 19.1. The Balaban J connectivity index is 1.62. The number of hydrogen-bond acceptors (Lipinski definition) is 2. The molecule has 1 aliphatic rings. The van der Waals surface area contributed by atoms with Crippen LogP contribution < -0.4 is 15.5 Å². The molecule has 1 fully saturated rings. The highest BCUT2D eigenvalue weighted by Gasteiger charge is 2.33. The van der Waals surface area contributed by atoms with Crippen LogP contribution in [0.5, 0.6) is 0 Å². The molecule has 1 aliphatic heterocycles. The summed E-state index contributed by atoms with van der Waals surface area (Å²) in [6.07, 6.45) is 0.510. The first kappa shape index (κ1) is 17.0. The number of anilines is 2. The van der Waals surface area contributed by atoms with Crippen LogP contribution in [0.1, 0.15) is 17.5 Å². The van der Waals surface area contributed by atoms with Gasteiger partial charge in [0, 0.05) is 17.9 Å². The van der Waals surface area contributed by atoms with Crippen molar-refractivity contribution in [2.75, 3.05) is 16.8 Å². The van der Waals surface area contributed by atoms with Gasteiger partial charge in [-0.1, -0.05) is 17.7 Å². The van der Waals surface area contributed by atoms with Gasteiger partial charge in [0.25, 0.3) is 0 Å². The number of nitrogens with one attached hydrogen (secondary N) is 2. The number of hydrogen-bond donors (Lipinski definition) is 2. The van der Waals surface area contributed by atoms with E-state index in [1.807, 2.05) is 19.1 Å². The van der Waals surface area contributed by atoms with E-state index in [0.717, 1.165) is 5.56 Å². The van der Waals surface area contributed by atoms with Crippen molar-refractivity contribution >= 4 is 23.3 Å². The number of halogens is 1. The standard InChI is InChI=1S/C19H20FN3O2/c1-12-3-5-14(6-4-12)21-19(25)22-17-9-10-23(18(17)24)15-7-8-16(20)13(2)11-15/h3-8,11,17H,9-10H2,1-2H3,(H2,21,22,25)/t17-/m1/s1. The van der Waals surface area contributed by atoms with E-state index in [2.05, 4.69) is 10.6 Å². The number of amides is 3. The third-order valence-corrected chi connectivity index (χ3v) is 4.27. The summed E-state index contributed by atoms with van der Waals surface area (Å²) in [6, 6.07) is 11.0. The van der Waals surface area contributed by atoms with Gasteiger partial charge in [0.05, 0.1) is 0 Å². The number of carbonyl (C=O) groups is 2. The fourth-order valence-corrected chi connectivity index (χ4v) is 2.83. The van der Waals surface area contributed by atoms with Gasteiger partial charge in [0.1, 0.15) is 11.9 Å². The molecule has 0 saturated carbocycles. The number of benzene rings is 2. The maximum Gasteiger partial charge on any atom is 0.319 e. The van der Waals surface area contributed by atoms with Gasteiger partial charge in [-0.15, -0.1) is 0 Å². The van der Waals surface area contributed by atoms with Gasteiger partial charge in [0.15, 0.2) is 0 Å². The molecule has 1 saturated heterocycles. The zero-order valence-electron chi connectivity index (χ0n) is 14.2. The molecule has 2 aromatic carbocycles. The number of carbonyl (C=O) groups excluding carboxylic acids is 2. The number of urea groups is 1. The van der Waals surface area contributed by atoms with Gasteiger partial charge >= 0.3 is 6.03 Å². The van der Waals surface area contributed by atoms with Crippen LogP contribution in [0.25, 0.3) is 0 Å². The third-order valence-electron chi connectivity index (χ3n) is 4.27. The van der Waals surface area contributed by atoms with E-state index in [1.54, 1.807) is 36.1 Å². The van der Waals surface area contributed by atoms with Crippen LogP contribution in [-0.2, 0) is 4.79 Å². The predicted molar refractivity (Wildman–Crippen MR) is 95.2 cm³/mol. The van der Waals surface area contributed by atoms with Gasteiger partial charge in [-0.05, 0) is 56.2 Å². The first-order valence-electron chi connectivity index (χ1n) is 8.16. The molecule has 0 aliphatic carbocycles. The molecule has 1 atom stereocenters. The molecule has 2 aromatic rings. The highest BCUT2D eigenvalue weighted by Crippen LogP contribution is 2.24. The molecule has 25 heavy (non-hydrogen) atoms. The second-order valence-corrected chi connectivity index (χ2v) is 6.23. The molecule has 3 rings (SSSR count). The normalized spacial score (nSPS) is 16.8. The number of aryl methyl sites for hydroxylation is 2. The van der Waals surface area contributed by atoms with Gasteiger partial charge in [-0.3, -0.25) is 4.79 Å². The average molecular weight is 341 g/mol. The van der Waals surface area contributed by atoms with E-state index in [0.29, 0.717) is 29.9 Å². The topological polar surface area (TPSA) is 61.4 Å². The summed E-state index contributed by atoms with van der Waals surface area (Å²) in [5.74, 6) is -0.493. The van der Waals surface area contributed by atoms with Crippen molar-refractivity contribution in [2.24, 2.45) is 0 Å². The summed E-state index contributed by atoms with van der Waals surface area (Å²) in [5, 5.41) is 5.42. The highest BCUT2D eigenvalue weighted by molar-refractivity contribution is 6.02. The predicted octanol–water partition coefficient (Wildman–Crippen LogP) is 3.37. The van der Waals surface area contributed by atoms with E-state index in [1.165, 1.54) is 6.07 Å². The van der Waals surface area contributed by atoms with Crippen LogP contribution in [0.15, 0.2) is 42.5 Å². The van der Waals surface area contributed by atoms with Crippen molar-refractivity contribution in [2.45, 2.75) is 26.3 Å². The Morgan fingerprint density at radius 1 is 1.16 bits per heavy atom. The van der Waals surface area contributed by atoms with Crippen LogP contribution >= 0.6 is 0 Å². The molecular weight excluding hydrogens is 321 g/mol. The molecule has 2 N–H and O–H groups in total. The zero-order valence-corrected chi connectivity index (χ0v) is 14.2. The average Bonchev–Trinajstić information content (AvgIpc) is 2.93. The quantitative estimate of drug-likeness (QED) is 0.899. The molecule has 3 amide bonds. The van der Waals surface area contributed by atoms with Crippen molar-refractivity contribution in [3.8, 4) is 0 Å². The lowest BCUT2D eigenvalue weighted by atomic mass is 10.2. The molecular formula is C19H20FN3O2. The Hall–Kier alpha value is -2.89. The van der Waals surface area contributed by atoms with Crippen LogP contribution in [0.2, 0.25) is 0 Å². The van der Waals surface area contributed by atoms with Crippen molar-refractivity contribution in [3.05, 3.63) is 59.4 Å². The van der Waals surface area contributed by atoms with Crippen molar-refractivity contribution in [1.29, 1.82) is 0 Å². The maximum absolute atomic E-state index is 13.4. The Morgan fingerprint density at radius 3 is 2.56 bits per heavy atom. The Kier molecular flexibility index (Phi) is 4.70. The largest absolute Gasteiger partial charge is 0.326 e. The minimum Gasteiger partial charge on any atom is -0.326 e. The molecule has 5 nitrogen and oxygen atoms in total. The number of nitrogens with zero attached hydrogens (tertiary/aromatic N) is 1. The smallest absolute Gasteiger partial charge is 0.319 e. The minimum absolute atomic E-state index is 0.190. The molecule has 1 heterocycles. The van der Waals surface area contributed by atoms with Crippen LogP contribution in [0.3, 0.4) is 0 Å². The molecule has 0 unspecified atom stereocenters. The fraction of sp³-hybridized carbons (Fsp3) is 0.263. The lowest BCUT2D eigenvalue weighted by Crippen LogP contribution is -2.43. The molecule has 0 radical (unpaired) electrons. The van der Waals surface area contributed by atoms with E-state index in [4.69, 9.17) is 0 Å². The van der Waals surface area contributed by atoms with Crippen molar-refractivity contribution in [1.82, 2.24) is 5.32 Å². The van der Waals surface area contributed by atoms with Crippen molar-refractivity contribution < 1.29 is 14.0 Å². The third kappa shape index (κ3) is 3.79. The van der Waals surface area contributed by atoms with Crippen LogP contribution in [0.4, 0.5) is 20.6 Å². The second-order valence-electron chi connectivity index (χ2n) is 6.23. The van der Waals surface area contributed by atoms with Crippen LogP contribution in [0, 0.1) is 19.7 Å². The van der Waals surface area contributed by atoms with Gasteiger partial charge < -0.3 is 15.5 Å². The lowest BCUT2D eigenvalue weighted by molar-refractivity contribution is -0.118. The Bertz CT molecular complexity index is 805. The maximum atomic E-state index is 13.4. The number of rotatable bonds is 3. The van der Waals surface area contributed by atoms with Gasteiger partial charge in [-0.2, -0.15) is 0 Å². The molecule has 6 heteroatoms. The monoisotopic (exact) mass is 341 g/mol. The molecule has 0 bridgehead atoms. The minimum atomic E-state index is -0.587. The Labute approximate surface area is 145 Å². The zero-order chi connectivity index (χ0) is 18.0. The van der Waals surface area contributed by atoms with E-state index in [-0.39, 0.29) is 11.7 Å². The summed E-state index contributed by atoms with van der Waals surface area (Å²) >= 11 is 0. The summed E-state index contributed by atoms with van der Waals surface area (Å²) in [4.78, 5) is 26.2. The fourth-order valence-electron chi connectivity index (χ4n) is 2.83. The summed E-state index contributed by atoms with van der Waals surface area (Å²) in [5.41, 5.74) is 2.90. The van der Waals surface area contributed by atoms with E-state index in [9.17, 15) is 14.0 Å². The van der Waals surface area contributed by atoms with Crippen LogP contribution in [-0.4, -0.2) is 24.5 Å². The summed E-state index contributed by atoms with van der Waals surface area (Å²) < 4.78 is 13.4. The van der Waals surface area contributed by atoms with E-state index < -0.39 is 12.1 Å². The SMILES string of the molecule is Cc1ccc(NC(=O)N[C@@H]2CCN(c3ccc(F)c(C)c3)C2=O)cc1. The van der Waals surface area contributed by atoms with Gasteiger partial charge in [-0.25, -0.2) is 9.18 Å². The lowest BCUT2D eigenvalue weighted by Gasteiger charge is -2.18. The second kappa shape index (κ2) is 6.93. The van der Waals surface area contributed by atoms with Gasteiger partial charge in [0.2, 0.25) is 5.91 Å². The molecule has 0 aromatic heterocycles. The first-order valence-corrected chi connectivity index (χ1v) is 8.16. The summed E-state index contributed by atoms with van der Waals surface area (Å²) in [7, 11) is 0. The Morgan fingerprint density at radius 2 is 1.88 bits per heavy atom. The van der Waals surface area contributed by atoms with E-state index >= 15 is 0 Å². The molecule has 0 spiro atoms.